The van der Waals surface area contributed by atoms with E-state index in [2.05, 4.69) is 38.6 Å². The number of anilines is 1. The van der Waals surface area contributed by atoms with Crippen LogP contribution < -0.4 is 10.1 Å². The van der Waals surface area contributed by atoms with E-state index in [0.717, 1.165) is 22.2 Å². The van der Waals surface area contributed by atoms with Crippen LogP contribution in [0.3, 0.4) is 0 Å². The molecule has 0 aliphatic carbocycles. The lowest BCUT2D eigenvalue weighted by atomic mass is 10.1. The summed E-state index contributed by atoms with van der Waals surface area (Å²) in [6.07, 6.45) is 5.73. The molecular weight excluding hydrogens is 428 g/mol. The summed E-state index contributed by atoms with van der Waals surface area (Å²) in [6.45, 7) is 0.582. The fourth-order valence-electron chi connectivity index (χ4n) is 4.17. The minimum atomic E-state index is 0.125. The molecule has 8 nitrogen and oxygen atoms in total. The Labute approximate surface area is 194 Å². The molecule has 164 valence electrons. The number of furan rings is 1. The molecule has 3 aromatic heterocycles. The van der Waals surface area contributed by atoms with Gasteiger partial charge in [-0.1, -0.05) is 52.3 Å². The zero-order valence-corrected chi connectivity index (χ0v) is 18.0. The van der Waals surface area contributed by atoms with Gasteiger partial charge in [0.05, 0.1) is 28.9 Å². The number of fused-ring (bicyclic) bond motifs is 2. The second-order valence-electron chi connectivity index (χ2n) is 7.96. The van der Waals surface area contributed by atoms with Crippen molar-refractivity contribution in [2.75, 3.05) is 5.43 Å². The number of aldehydes is 1. The fraction of sp³-hybridized carbons (Fsp3) is 0.0385. The highest BCUT2D eigenvalue weighted by Crippen LogP contribution is 2.36. The Hall–Kier alpha value is -4.69. The van der Waals surface area contributed by atoms with E-state index in [1.165, 1.54) is 6.33 Å². The number of para-hydroxylation sites is 1. The quantitative estimate of drug-likeness (QED) is 0.292. The van der Waals surface area contributed by atoms with Gasteiger partial charge >= 0.3 is 0 Å². The number of pyridine rings is 1. The number of carbonyl (C=O) groups excluding carboxylic acids is 1. The fourth-order valence-corrected chi connectivity index (χ4v) is 4.17. The van der Waals surface area contributed by atoms with Crippen LogP contribution in [-0.2, 0) is 6.54 Å². The van der Waals surface area contributed by atoms with Crippen LogP contribution >= 0.6 is 0 Å². The van der Waals surface area contributed by atoms with E-state index in [0.29, 0.717) is 35.6 Å². The Morgan fingerprint density at radius 3 is 2.65 bits per heavy atom. The Morgan fingerprint density at radius 1 is 0.941 bits per heavy atom. The van der Waals surface area contributed by atoms with Gasteiger partial charge in [0.15, 0.2) is 35.9 Å². The van der Waals surface area contributed by atoms with Gasteiger partial charge in [-0.25, -0.2) is 9.97 Å². The molecule has 34 heavy (non-hydrogen) atoms. The van der Waals surface area contributed by atoms with E-state index >= 15 is 0 Å². The van der Waals surface area contributed by atoms with Crippen LogP contribution in [0.5, 0.6) is 0 Å². The number of benzene rings is 2. The standard InChI is InChI=1S/C26H18N6O2/c33-16-20-10-11-25(34-20)22-12-21-23(14-27-22)28-17-29-26(21)31-32(15-18-6-2-1-3-7-18)24-9-5-4-8-19(24)13-30-32/h1-14,16-17H,15H2/p+1. The molecule has 1 N–H and O–H groups in total. The lowest BCUT2D eigenvalue weighted by Gasteiger charge is -2.29. The van der Waals surface area contributed by atoms with E-state index in [1.54, 1.807) is 18.3 Å². The molecule has 0 saturated heterocycles. The van der Waals surface area contributed by atoms with Crippen molar-refractivity contribution in [3.8, 4) is 11.5 Å². The highest BCUT2D eigenvalue weighted by molar-refractivity contribution is 5.94. The molecule has 1 aliphatic rings. The maximum Gasteiger partial charge on any atom is 0.193 e. The molecule has 2 aromatic carbocycles. The highest BCUT2D eigenvalue weighted by atomic mass is 16.3. The van der Waals surface area contributed by atoms with Gasteiger partial charge in [-0.15, -0.1) is 0 Å². The smallest absolute Gasteiger partial charge is 0.193 e. The van der Waals surface area contributed by atoms with E-state index in [1.807, 2.05) is 48.7 Å². The van der Waals surface area contributed by atoms with Crippen LogP contribution in [0, 0.1) is 0 Å². The number of nitrogens with one attached hydrogen (secondary N) is 1. The molecular formula is C26H19N6O2+. The number of quaternary nitrogens is 1. The van der Waals surface area contributed by atoms with Gasteiger partial charge in [0.25, 0.3) is 0 Å². The van der Waals surface area contributed by atoms with Crippen molar-refractivity contribution in [3.63, 3.8) is 0 Å². The lowest BCUT2D eigenvalue weighted by molar-refractivity contribution is 0.110. The molecule has 1 aliphatic heterocycles. The zero-order valence-electron chi connectivity index (χ0n) is 18.0. The number of hydrogen-bond acceptors (Lipinski definition) is 7. The predicted molar refractivity (Wildman–Crippen MR) is 130 cm³/mol. The van der Waals surface area contributed by atoms with Gasteiger partial charge in [-0.3, -0.25) is 9.78 Å². The molecule has 6 rings (SSSR count). The maximum atomic E-state index is 11.0. The molecule has 0 bridgehead atoms. The van der Waals surface area contributed by atoms with Crippen molar-refractivity contribution in [3.05, 3.63) is 102 Å². The van der Waals surface area contributed by atoms with Crippen LogP contribution in [0.15, 0.2) is 94.8 Å². The first-order valence-corrected chi connectivity index (χ1v) is 10.8. The second kappa shape index (κ2) is 8.02. The summed E-state index contributed by atoms with van der Waals surface area (Å²) < 4.78 is 5.69. The summed E-state index contributed by atoms with van der Waals surface area (Å²) in [6, 6.07) is 23.5. The summed E-state index contributed by atoms with van der Waals surface area (Å²) in [5.41, 5.74) is 8.03. The second-order valence-corrected chi connectivity index (χ2v) is 7.96. The zero-order chi connectivity index (χ0) is 23.0. The van der Waals surface area contributed by atoms with Crippen LogP contribution in [0.1, 0.15) is 21.7 Å². The van der Waals surface area contributed by atoms with Crippen molar-refractivity contribution in [1.29, 1.82) is 0 Å². The maximum absolute atomic E-state index is 11.0. The monoisotopic (exact) mass is 447 g/mol. The molecule has 0 amide bonds. The molecule has 1 atom stereocenters. The number of carbonyl (C=O) groups is 1. The number of aromatic nitrogens is 3. The van der Waals surface area contributed by atoms with Crippen molar-refractivity contribution < 1.29 is 9.21 Å². The first-order valence-electron chi connectivity index (χ1n) is 10.8. The molecule has 4 heterocycles. The summed E-state index contributed by atoms with van der Waals surface area (Å²) in [5, 5.41) is 5.66. The third kappa shape index (κ3) is 3.42. The average molecular weight is 447 g/mol. The SMILES string of the molecule is O=Cc1ccc(-c2cc3c(N[N+]4(Cc5ccccc5)N=Cc5ccccc54)ncnc3cn2)o1. The lowest BCUT2D eigenvalue weighted by Crippen LogP contribution is -2.47. The van der Waals surface area contributed by atoms with E-state index < -0.39 is 0 Å². The molecule has 0 spiro atoms. The summed E-state index contributed by atoms with van der Waals surface area (Å²) in [5.74, 6) is 1.35. The largest absolute Gasteiger partial charge is 0.452 e. The van der Waals surface area contributed by atoms with Crippen molar-refractivity contribution in [1.82, 2.24) is 19.7 Å². The van der Waals surface area contributed by atoms with E-state index in [9.17, 15) is 4.79 Å². The van der Waals surface area contributed by atoms with E-state index in [4.69, 9.17) is 9.52 Å². The van der Waals surface area contributed by atoms with Crippen LogP contribution in [0.2, 0.25) is 0 Å². The van der Waals surface area contributed by atoms with Crippen molar-refractivity contribution >= 4 is 34.9 Å². The normalized spacial score (nSPS) is 16.5. The van der Waals surface area contributed by atoms with Crippen molar-refractivity contribution in [2.24, 2.45) is 5.10 Å². The first-order chi connectivity index (χ1) is 16.7. The summed E-state index contributed by atoms with van der Waals surface area (Å²) in [7, 11) is 0. The summed E-state index contributed by atoms with van der Waals surface area (Å²) >= 11 is 0. The van der Waals surface area contributed by atoms with Gasteiger partial charge in [0, 0.05) is 11.6 Å². The highest BCUT2D eigenvalue weighted by Gasteiger charge is 2.39. The minimum Gasteiger partial charge on any atom is -0.452 e. The third-order valence-corrected chi connectivity index (χ3v) is 5.79. The Bertz CT molecular complexity index is 1550. The van der Waals surface area contributed by atoms with Crippen LogP contribution in [-0.4, -0.2) is 27.5 Å². The molecule has 0 saturated carbocycles. The van der Waals surface area contributed by atoms with Crippen LogP contribution in [0.4, 0.5) is 11.5 Å². The first kappa shape index (κ1) is 20.0. The molecule has 1 unspecified atom stereocenters. The summed E-state index contributed by atoms with van der Waals surface area (Å²) in [4.78, 5) is 24.4. The third-order valence-electron chi connectivity index (χ3n) is 5.79. The van der Waals surface area contributed by atoms with Gasteiger partial charge < -0.3 is 4.42 Å². The minimum absolute atomic E-state index is 0.125. The molecule has 0 fully saturated rings. The molecule has 5 aromatic rings. The Morgan fingerprint density at radius 2 is 1.79 bits per heavy atom. The molecule has 0 radical (unpaired) electrons. The van der Waals surface area contributed by atoms with E-state index in [-0.39, 0.29) is 10.5 Å². The van der Waals surface area contributed by atoms with Gasteiger partial charge in [-0.05, 0) is 24.3 Å². The van der Waals surface area contributed by atoms with Crippen LogP contribution in [0.25, 0.3) is 22.4 Å². The number of rotatable bonds is 6. The van der Waals surface area contributed by atoms with Crippen molar-refractivity contribution in [2.45, 2.75) is 6.54 Å². The Balaban J connectivity index is 1.47. The Kier molecular flexibility index (Phi) is 4.71. The van der Waals surface area contributed by atoms with Gasteiger partial charge in [0.2, 0.25) is 0 Å². The number of nitrogens with zero attached hydrogens (tertiary/aromatic N) is 5. The number of hydrogen-bond donors (Lipinski definition) is 1. The van der Waals surface area contributed by atoms with Gasteiger partial charge in [0.1, 0.15) is 12.0 Å². The van der Waals surface area contributed by atoms with Gasteiger partial charge in [-0.2, -0.15) is 5.43 Å². The average Bonchev–Trinajstić information content (AvgIpc) is 3.51. The topological polar surface area (TPSA) is 93.3 Å². The predicted octanol–water partition coefficient (Wildman–Crippen LogP) is 4.98. The molecule has 8 heteroatoms.